The zero-order chi connectivity index (χ0) is 15.7. The van der Waals surface area contributed by atoms with Crippen molar-refractivity contribution in [2.24, 2.45) is 0 Å². The quantitative estimate of drug-likeness (QED) is 0.723. The molecule has 0 aliphatic carbocycles. The first-order chi connectivity index (χ1) is 10.1. The molecule has 2 N–H and O–H groups in total. The standard InChI is InChI=1S/C16H20N2O3/c1-3-10-18(11-4-2)16(21)17-14-7-5-6-13(12-14)8-9-15(19)20/h3-7,12H,1-2,8-11H2,(H,17,21)(H,19,20). The van der Waals surface area contributed by atoms with E-state index in [0.717, 1.165) is 5.56 Å². The van der Waals surface area contributed by atoms with Crippen LogP contribution in [-0.4, -0.2) is 35.1 Å². The molecule has 0 saturated heterocycles. The van der Waals surface area contributed by atoms with E-state index in [-0.39, 0.29) is 12.5 Å². The van der Waals surface area contributed by atoms with E-state index in [1.807, 2.05) is 6.07 Å². The molecule has 112 valence electrons. The molecule has 0 bridgehead atoms. The molecule has 0 unspecified atom stereocenters. The Balaban J connectivity index is 2.70. The maximum Gasteiger partial charge on any atom is 0.322 e. The van der Waals surface area contributed by atoms with E-state index in [9.17, 15) is 9.59 Å². The highest BCUT2D eigenvalue weighted by Crippen LogP contribution is 2.13. The summed E-state index contributed by atoms with van der Waals surface area (Å²) in [6.45, 7) is 8.09. The maximum atomic E-state index is 12.1. The Hall–Kier alpha value is -2.56. The topological polar surface area (TPSA) is 69.6 Å². The van der Waals surface area contributed by atoms with Crippen molar-refractivity contribution in [1.29, 1.82) is 0 Å². The molecule has 2 amide bonds. The molecule has 5 heteroatoms. The first-order valence-electron chi connectivity index (χ1n) is 6.65. The molecule has 0 fully saturated rings. The lowest BCUT2D eigenvalue weighted by Crippen LogP contribution is -2.35. The number of hydrogen-bond donors (Lipinski definition) is 2. The van der Waals surface area contributed by atoms with Gasteiger partial charge in [-0.1, -0.05) is 24.3 Å². The summed E-state index contributed by atoms with van der Waals surface area (Å²) >= 11 is 0. The van der Waals surface area contributed by atoms with Crippen molar-refractivity contribution in [2.75, 3.05) is 18.4 Å². The van der Waals surface area contributed by atoms with Gasteiger partial charge in [-0.05, 0) is 24.1 Å². The third-order valence-corrected chi connectivity index (χ3v) is 2.79. The lowest BCUT2D eigenvalue weighted by atomic mass is 10.1. The SMILES string of the molecule is C=CCN(CC=C)C(=O)Nc1cccc(CCC(=O)O)c1. The van der Waals surface area contributed by atoms with E-state index >= 15 is 0 Å². The predicted octanol–water partition coefficient (Wildman–Crippen LogP) is 2.91. The van der Waals surface area contributed by atoms with Gasteiger partial charge in [0.1, 0.15) is 0 Å². The van der Waals surface area contributed by atoms with Crippen molar-refractivity contribution in [1.82, 2.24) is 4.90 Å². The van der Waals surface area contributed by atoms with Crippen LogP contribution in [0.15, 0.2) is 49.6 Å². The predicted molar refractivity (Wildman–Crippen MR) is 83.4 cm³/mol. The summed E-state index contributed by atoms with van der Waals surface area (Å²) in [7, 11) is 0. The van der Waals surface area contributed by atoms with Crippen LogP contribution < -0.4 is 5.32 Å². The molecule has 0 heterocycles. The molecule has 0 radical (unpaired) electrons. The highest BCUT2D eigenvalue weighted by atomic mass is 16.4. The van der Waals surface area contributed by atoms with Crippen LogP contribution in [0.2, 0.25) is 0 Å². The Morgan fingerprint density at radius 3 is 2.48 bits per heavy atom. The van der Waals surface area contributed by atoms with Crippen LogP contribution in [-0.2, 0) is 11.2 Å². The number of benzene rings is 1. The van der Waals surface area contributed by atoms with Crippen LogP contribution in [0.4, 0.5) is 10.5 Å². The number of amides is 2. The summed E-state index contributed by atoms with van der Waals surface area (Å²) in [4.78, 5) is 24.2. The third-order valence-electron chi connectivity index (χ3n) is 2.79. The normalized spacial score (nSPS) is 9.71. The van der Waals surface area contributed by atoms with Crippen LogP contribution >= 0.6 is 0 Å². The molecule has 1 aromatic rings. The molecular weight excluding hydrogens is 268 g/mol. The van der Waals surface area contributed by atoms with Gasteiger partial charge >= 0.3 is 12.0 Å². The van der Waals surface area contributed by atoms with Gasteiger partial charge in [-0.3, -0.25) is 4.79 Å². The van der Waals surface area contributed by atoms with Crippen LogP contribution in [0.3, 0.4) is 0 Å². The van der Waals surface area contributed by atoms with Crippen molar-refractivity contribution in [3.63, 3.8) is 0 Å². The van der Waals surface area contributed by atoms with Gasteiger partial charge in [-0.15, -0.1) is 13.2 Å². The number of carbonyl (C=O) groups excluding carboxylic acids is 1. The average molecular weight is 288 g/mol. The average Bonchev–Trinajstić information content (AvgIpc) is 2.45. The van der Waals surface area contributed by atoms with E-state index in [1.165, 1.54) is 0 Å². The molecule has 0 aliphatic rings. The highest BCUT2D eigenvalue weighted by molar-refractivity contribution is 5.89. The first kappa shape index (κ1) is 16.5. The number of anilines is 1. The molecule has 0 spiro atoms. The first-order valence-corrected chi connectivity index (χ1v) is 6.65. The second-order valence-corrected chi connectivity index (χ2v) is 4.51. The highest BCUT2D eigenvalue weighted by Gasteiger charge is 2.10. The van der Waals surface area contributed by atoms with E-state index < -0.39 is 5.97 Å². The Morgan fingerprint density at radius 2 is 1.90 bits per heavy atom. The minimum absolute atomic E-state index is 0.0659. The molecule has 5 nitrogen and oxygen atoms in total. The Morgan fingerprint density at radius 1 is 1.24 bits per heavy atom. The Bertz CT molecular complexity index is 516. The van der Waals surface area contributed by atoms with Gasteiger partial charge < -0.3 is 15.3 Å². The third kappa shape index (κ3) is 5.95. The van der Waals surface area contributed by atoms with Gasteiger partial charge in [0.2, 0.25) is 0 Å². The number of urea groups is 1. The second kappa shape index (κ2) is 8.58. The molecule has 1 aromatic carbocycles. The summed E-state index contributed by atoms with van der Waals surface area (Å²) in [6.07, 6.45) is 3.79. The smallest absolute Gasteiger partial charge is 0.322 e. The molecular formula is C16H20N2O3. The van der Waals surface area contributed by atoms with Crippen molar-refractivity contribution >= 4 is 17.7 Å². The molecule has 21 heavy (non-hydrogen) atoms. The minimum Gasteiger partial charge on any atom is -0.481 e. The van der Waals surface area contributed by atoms with Gasteiger partial charge in [0.25, 0.3) is 0 Å². The number of carboxylic acid groups (broad SMARTS) is 1. The second-order valence-electron chi connectivity index (χ2n) is 4.51. The van der Waals surface area contributed by atoms with Crippen molar-refractivity contribution < 1.29 is 14.7 Å². The summed E-state index contributed by atoms with van der Waals surface area (Å²) < 4.78 is 0. The van der Waals surface area contributed by atoms with Gasteiger partial charge in [0.15, 0.2) is 0 Å². The summed E-state index contributed by atoms with van der Waals surface area (Å²) in [5.74, 6) is -0.840. The summed E-state index contributed by atoms with van der Waals surface area (Å²) in [5, 5.41) is 11.5. The van der Waals surface area contributed by atoms with Crippen LogP contribution in [0.5, 0.6) is 0 Å². The number of nitrogens with one attached hydrogen (secondary N) is 1. The van der Waals surface area contributed by atoms with Gasteiger partial charge in [0.05, 0.1) is 0 Å². The monoisotopic (exact) mass is 288 g/mol. The van der Waals surface area contributed by atoms with E-state index in [0.29, 0.717) is 25.2 Å². The van der Waals surface area contributed by atoms with Crippen LogP contribution in [0.25, 0.3) is 0 Å². The minimum atomic E-state index is -0.840. The van der Waals surface area contributed by atoms with Crippen molar-refractivity contribution in [3.05, 3.63) is 55.1 Å². The number of rotatable bonds is 8. The molecule has 0 atom stereocenters. The fourth-order valence-electron chi connectivity index (χ4n) is 1.81. The zero-order valence-corrected chi connectivity index (χ0v) is 11.9. The fraction of sp³-hybridized carbons (Fsp3) is 0.250. The van der Waals surface area contributed by atoms with E-state index in [2.05, 4.69) is 18.5 Å². The van der Waals surface area contributed by atoms with Crippen LogP contribution in [0, 0.1) is 0 Å². The largest absolute Gasteiger partial charge is 0.481 e. The Labute approximate surface area is 124 Å². The van der Waals surface area contributed by atoms with Gasteiger partial charge in [-0.25, -0.2) is 4.79 Å². The fourth-order valence-corrected chi connectivity index (χ4v) is 1.81. The zero-order valence-electron chi connectivity index (χ0n) is 11.9. The maximum absolute atomic E-state index is 12.1. The molecule has 0 aromatic heterocycles. The number of aryl methyl sites for hydroxylation is 1. The number of carboxylic acids is 1. The number of hydrogen-bond acceptors (Lipinski definition) is 2. The summed E-state index contributed by atoms with van der Waals surface area (Å²) in [5.41, 5.74) is 1.51. The van der Waals surface area contributed by atoms with Crippen molar-refractivity contribution in [3.8, 4) is 0 Å². The molecule has 1 rings (SSSR count). The molecule has 0 aliphatic heterocycles. The molecule has 0 saturated carbocycles. The van der Waals surface area contributed by atoms with E-state index in [1.54, 1.807) is 35.3 Å². The van der Waals surface area contributed by atoms with Crippen molar-refractivity contribution in [2.45, 2.75) is 12.8 Å². The Kier molecular flexibility index (Phi) is 6.74. The summed E-state index contributed by atoms with van der Waals surface area (Å²) in [6, 6.07) is 6.93. The lowest BCUT2D eigenvalue weighted by molar-refractivity contribution is -0.136. The van der Waals surface area contributed by atoms with Gasteiger partial charge in [0, 0.05) is 25.2 Å². The lowest BCUT2D eigenvalue weighted by Gasteiger charge is -2.20. The van der Waals surface area contributed by atoms with E-state index in [4.69, 9.17) is 5.11 Å². The number of carbonyl (C=O) groups is 2. The number of aliphatic carboxylic acids is 1. The van der Waals surface area contributed by atoms with Crippen LogP contribution in [0.1, 0.15) is 12.0 Å². The van der Waals surface area contributed by atoms with Gasteiger partial charge in [-0.2, -0.15) is 0 Å². The number of nitrogens with zero attached hydrogens (tertiary/aromatic N) is 1.